The first-order valence-corrected chi connectivity index (χ1v) is 5.29. The van der Waals surface area contributed by atoms with Gasteiger partial charge in [0.15, 0.2) is 0 Å². The number of amides is 1. The van der Waals surface area contributed by atoms with Crippen molar-refractivity contribution in [1.29, 1.82) is 0 Å². The maximum Gasteiger partial charge on any atom is 0.234 e. The number of nitrogens with one attached hydrogen (secondary N) is 1. The predicted molar refractivity (Wildman–Crippen MR) is 56.9 cm³/mol. The van der Waals surface area contributed by atoms with Gasteiger partial charge in [0.1, 0.15) is 0 Å². The molecule has 0 aliphatic heterocycles. The molecule has 4 heteroatoms. The van der Waals surface area contributed by atoms with Crippen LogP contribution in [-0.4, -0.2) is 43.5 Å². The van der Waals surface area contributed by atoms with Gasteiger partial charge in [-0.25, -0.2) is 0 Å². The fourth-order valence-corrected chi connectivity index (χ4v) is 1.88. The summed E-state index contributed by atoms with van der Waals surface area (Å²) in [6.45, 7) is 0.448. The van der Waals surface area contributed by atoms with Crippen molar-refractivity contribution in [2.45, 2.75) is 37.8 Å². The molecular formula is C10H21N3O. The van der Waals surface area contributed by atoms with Gasteiger partial charge in [-0.05, 0) is 26.9 Å². The van der Waals surface area contributed by atoms with Crippen molar-refractivity contribution in [3.8, 4) is 0 Å². The van der Waals surface area contributed by atoms with Crippen LogP contribution in [0.5, 0.6) is 0 Å². The fourth-order valence-electron chi connectivity index (χ4n) is 1.88. The van der Waals surface area contributed by atoms with Crippen LogP contribution in [-0.2, 0) is 4.79 Å². The Morgan fingerprint density at radius 2 is 2.07 bits per heavy atom. The molecule has 2 atom stereocenters. The number of likely N-dealkylation sites (N-methyl/N-ethyl adjacent to an activating group) is 1. The molecule has 1 aliphatic rings. The highest BCUT2D eigenvalue weighted by Gasteiger charge is 2.22. The third-order valence-corrected chi connectivity index (χ3v) is 2.63. The van der Waals surface area contributed by atoms with Crippen LogP contribution in [0.15, 0.2) is 0 Å². The van der Waals surface area contributed by atoms with E-state index in [9.17, 15) is 4.79 Å². The molecule has 0 saturated heterocycles. The number of nitrogens with two attached hydrogens (primary N) is 1. The van der Waals surface area contributed by atoms with Gasteiger partial charge in [0.05, 0.1) is 6.54 Å². The summed E-state index contributed by atoms with van der Waals surface area (Å²) in [5, 5.41) is 2.99. The summed E-state index contributed by atoms with van der Waals surface area (Å²) in [7, 11) is 3.78. The Labute approximate surface area is 85.8 Å². The molecule has 14 heavy (non-hydrogen) atoms. The van der Waals surface area contributed by atoms with E-state index in [1.54, 1.807) is 0 Å². The average molecular weight is 199 g/mol. The fraction of sp³-hybridized carbons (Fsp3) is 0.900. The second kappa shape index (κ2) is 5.32. The topological polar surface area (TPSA) is 58.4 Å². The molecule has 4 nitrogen and oxygen atoms in total. The second-order valence-corrected chi connectivity index (χ2v) is 4.36. The monoisotopic (exact) mass is 199 g/mol. The third-order valence-electron chi connectivity index (χ3n) is 2.63. The molecular weight excluding hydrogens is 178 g/mol. The maximum atomic E-state index is 11.5. The van der Waals surface area contributed by atoms with Crippen LogP contribution < -0.4 is 11.1 Å². The van der Waals surface area contributed by atoms with Crippen LogP contribution in [0.2, 0.25) is 0 Å². The Morgan fingerprint density at radius 3 is 2.64 bits per heavy atom. The van der Waals surface area contributed by atoms with E-state index in [1.165, 1.54) is 12.8 Å². The first-order chi connectivity index (χ1) is 6.59. The lowest BCUT2D eigenvalue weighted by Gasteiger charge is -2.29. The predicted octanol–water partition coefficient (Wildman–Crippen LogP) is -0.0659. The van der Waals surface area contributed by atoms with Crippen molar-refractivity contribution in [2.75, 3.05) is 20.6 Å². The summed E-state index contributed by atoms with van der Waals surface area (Å²) in [6, 6.07) is 0.339. The van der Waals surface area contributed by atoms with Gasteiger partial charge in [-0.1, -0.05) is 12.8 Å². The Balaban J connectivity index is 2.31. The summed E-state index contributed by atoms with van der Waals surface area (Å²) >= 11 is 0. The zero-order chi connectivity index (χ0) is 10.6. The van der Waals surface area contributed by atoms with Gasteiger partial charge in [-0.15, -0.1) is 0 Å². The van der Waals surface area contributed by atoms with Gasteiger partial charge in [-0.3, -0.25) is 4.79 Å². The second-order valence-electron chi connectivity index (χ2n) is 4.36. The van der Waals surface area contributed by atoms with E-state index in [0.717, 1.165) is 12.8 Å². The van der Waals surface area contributed by atoms with E-state index in [0.29, 0.717) is 6.54 Å². The first-order valence-electron chi connectivity index (χ1n) is 5.29. The molecule has 0 aromatic heterocycles. The molecule has 0 bridgehead atoms. The van der Waals surface area contributed by atoms with Crippen LogP contribution in [0, 0.1) is 0 Å². The van der Waals surface area contributed by atoms with Gasteiger partial charge in [0.25, 0.3) is 0 Å². The molecule has 3 N–H and O–H groups in total. The number of rotatable bonds is 3. The zero-order valence-electron chi connectivity index (χ0n) is 9.12. The van der Waals surface area contributed by atoms with Crippen LogP contribution in [0.4, 0.5) is 0 Å². The van der Waals surface area contributed by atoms with E-state index in [2.05, 4.69) is 5.32 Å². The number of carbonyl (C=O) groups excluding carboxylic acids is 1. The summed E-state index contributed by atoms with van der Waals surface area (Å²) in [5.74, 6) is 0.0809. The number of carbonyl (C=O) groups is 1. The van der Waals surface area contributed by atoms with E-state index in [-0.39, 0.29) is 18.0 Å². The normalized spacial score (nSPS) is 27.7. The number of hydrogen-bond donors (Lipinski definition) is 2. The SMILES string of the molecule is CN(C)CC(=O)N[C@@H]1CCCC[C@H]1N. The number of nitrogens with zero attached hydrogens (tertiary/aromatic N) is 1. The van der Waals surface area contributed by atoms with Gasteiger partial charge >= 0.3 is 0 Å². The quantitative estimate of drug-likeness (QED) is 0.669. The van der Waals surface area contributed by atoms with E-state index in [1.807, 2.05) is 19.0 Å². The van der Waals surface area contributed by atoms with Crippen molar-refractivity contribution in [3.63, 3.8) is 0 Å². The summed E-state index contributed by atoms with van der Waals surface area (Å²) in [6.07, 6.45) is 4.44. The smallest absolute Gasteiger partial charge is 0.234 e. The molecule has 0 radical (unpaired) electrons. The van der Waals surface area contributed by atoms with Crippen LogP contribution in [0.3, 0.4) is 0 Å². The van der Waals surface area contributed by atoms with Gasteiger partial charge in [0.2, 0.25) is 5.91 Å². The van der Waals surface area contributed by atoms with Gasteiger partial charge < -0.3 is 16.0 Å². The van der Waals surface area contributed by atoms with Gasteiger partial charge in [0, 0.05) is 12.1 Å². The molecule has 1 rings (SSSR count). The highest BCUT2D eigenvalue weighted by atomic mass is 16.2. The third kappa shape index (κ3) is 3.64. The Kier molecular flexibility index (Phi) is 4.35. The van der Waals surface area contributed by atoms with E-state index in [4.69, 9.17) is 5.73 Å². The van der Waals surface area contributed by atoms with Crippen molar-refractivity contribution in [1.82, 2.24) is 10.2 Å². The molecule has 1 aliphatic carbocycles. The number of hydrogen-bond acceptors (Lipinski definition) is 3. The minimum Gasteiger partial charge on any atom is -0.351 e. The van der Waals surface area contributed by atoms with Crippen LogP contribution in [0.1, 0.15) is 25.7 Å². The van der Waals surface area contributed by atoms with E-state index >= 15 is 0 Å². The molecule has 0 unspecified atom stereocenters. The minimum absolute atomic E-state index is 0.0809. The summed E-state index contributed by atoms with van der Waals surface area (Å²) in [4.78, 5) is 13.3. The molecule has 1 amide bonds. The lowest BCUT2D eigenvalue weighted by atomic mass is 9.91. The Bertz CT molecular complexity index is 194. The molecule has 0 heterocycles. The van der Waals surface area contributed by atoms with E-state index < -0.39 is 0 Å². The Morgan fingerprint density at radius 1 is 1.43 bits per heavy atom. The van der Waals surface area contributed by atoms with Crippen molar-refractivity contribution < 1.29 is 4.79 Å². The highest BCUT2D eigenvalue weighted by Crippen LogP contribution is 2.16. The molecule has 82 valence electrons. The summed E-state index contributed by atoms with van der Waals surface area (Å²) < 4.78 is 0. The first kappa shape index (κ1) is 11.5. The largest absolute Gasteiger partial charge is 0.351 e. The lowest BCUT2D eigenvalue weighted by molar-refractivity contribution is -0.122. The van der Waals surface area contributed by atoms with Crippen molar-refractivity contribution in [3.05, 3.63) is 0 Å². The zero-order valence-corrected chi connectivity index (χ0v) is 9.12. The van der Waals surface area contributed by atoms with Crippen molar-refractivity contribution in [2.24, 2.45) is 5.73 Å². The Hall–Kier alpha value is -0.610. The molecule has 1 fully saturated rings. The maximum absolute atomic E-state index is 11.5. The minimum atomic E-state index is 0.0809. The molecule has 0 aromatic rings. The standard InChI is InChI=1S/C10H21N3O/c1-13(2)7-10(14)12-9-6-4-3-5-8(9)11/h8-9H,3-7,11H2,1-2H3,(H,12,14)/t8-,9-/m1/s1. The van der Waals surface area contributed by atoms with Crippen molar-refractivity contribution >= 4 is 5.91 Å². The van der Waals surface area contributed by atoms with Crippen LogP contribution >= 0.6 is 0 Å². The average Bonchev–Trinajstić information content (AvgIpc) is 2.07. The van der Waals surface area contributed by atoms with Gasteiger partial charge in [-0.2, -0.15) is 0 Å². The summed E-state index contributed by atoms with van der Waals surface area (Å²) in [5.41, 5.74) is 5.93. The molecule has 1 saturated carbocycles. The molecule has 0 aromatic carbocycles. The highest BCUT2D eigenvalue weighted by molar-refractivity contribution is 5.78. The van der Waals surface area contributed by atoms with Crippen LogP contribution in [0.25, 0.3) is 0 Å². The molecule has 0 spiro atoms. The lowest BCUT2D eigenvalue weighted by Crippen LogP contribution is -2.51.